The molecule has 20 heavy (non-hydrogen) atoms. The Labute approximate surface area is 121 Å². The van der Waals surface area contributed by atoms with Crippen molar-refractivity contribution in [2.75, 3.05) is 27.2 Å². The van der Waals surface area contributed by atoms with E-state index < -0.39 is 5.97 Å². The van der Waals surface area contributed by atoms with Crippen molar-refractivity contribution < 1.29 is 9.90 Å². The third kappa shape index (κ3) is 4.32. The number of hydrogen-bond donors (Lipinski definition) is 1. The second kappa shape index (κ2) is 6.86. The quantitative estimate of drug-likeness (QED) is 0.891. The van der Waals surface area contributed by atoms with Crippen molar-refractivity contribution in [1.82, 2.24) is 9.80 Å². The van der Waals surface area contributed by atoms with Crippen molar-refractivity contribution >= 4 is 5.97 Å². The van der Waals surface area contributed by atoms with Gasteiger partial charge in [-0.15, -0.1) is 0 Å². The van der Waals surface area contributed by atoms with E-state index in [9.17, 15) is 4.79 Å². The third-order valence-corrected chi connectivity index (χ3v) is 4.00. The van der Waals surface area contributed by atoms with Crippen LogP contribution in [-0.4, -0.2) is 54.1 Å². The van der Waals surface area contributed by atoms with Crippen LogP contribution in [0.4, 0.5) is 0 Å². The van der Waals surface area contributed by atoms with Gasteiger partial charge >= 0.3 is 5.97 Å². The molecule has 1 unspecified atom stereocenters. The lowest BCUT2D eigenvalue weighted by atomic mass is 10.0. The van der Waals surface area contributed by atoms with E-state index in [-0.39, 0.29) is 6.42 Å². The van der Waals surface area contributed by atoms with Crippen molar-refractivity contribution in [1.29, 1.82) is 0 Å². The number of nitrogens with zero attached hydrogens (tertiary/aromatic N) is 2. The highest BCUT2D eigenvalue weighted by atomic mass is 16.4. The Morgan fingerprint density at radius 1 is 1.30 bits per heavy atom. The number of likely N-dealkylation sites (N-methyl/N-ethyl adjacent to an activating group) is 1. The lowest BCUT2D eigenvalue weighted by molar-refractivity contribution is -0.136. The van der Waals surface area contributed by atoms with Crippen LogP contribution in [0.15, 0.2) is 24.3 Å². The molecule has 4 heteroatoms. The van der Waals surface area contributed by atoms with E-state index in [2.05, 4.69) is 36.0 Å². The first kappa shape index (κ1) is 15.0. The molecule has 0 spiro atoms. The predicted octanol–water partition coefficient (Wildman–Crippen LogP) is 1.84. The van der Waals surface area contributed by atoms with E-state index in [1.54, 1.807) is 0 Å². The summed E-state index contributed by atoms with van der Waals surface area (Å²) < 4.78 is 0. The van der Waals surface area contributed by atoms with E-state index in [0.29, 0.717) is 6.04 Å². The summed E-state index contributed by atoms with van der Waals surface area (Å²) in [6.45, 7) is 3.22. The number of carboxylic acid groups (broad SMARTS) is 1. The maximum atomic E-state index is 10.7. The maximum Gasteiger partial charge on any atom is 0.307 e. The molecular weight excluding hydrogens is 252 g/mol. The molecule has 1 atom stereocenters. The van der Waals surface area contributed by atoms with Gasteiger partial charge in [-0.05, 0) is 44.6 Å². The maximum absolute atomic E-state index is 10.7. The first-order valence-corrected chi connectivity index (χ1v) is 7.23. The zero-order chi connectivity index (χ0) is 14.5. The number of likely N-dealkylation sites (tertiary alicyclic amines) is 1. The Hall–Kier alpha value is -1.39. The number of aliphatic carboxylic acids is 1. The summed E-state index contributed by atoms with van der Waals surface area (Å²) in [6, 6.07) is 8.61. The van der Waals surface area contributed by atoms with Gasteiger partial charge < -0.3 is 10.0 Å². The first-order chi connectivity index (χ1) is 9.54. The summed E-state index contributed by atoms with van der Waals surface area (Å²) in [7, 11) is 4.30. The summed E-state index contributed by atoms with van der Waals surface area (Å²) in [5, 5.41) is 8.77. The van der Waals surface area contributed by atoms with Crippen molar-refractivity contribution in [3.05, 3.63) is 35.4 Å². The predicted molar refractivity (Wildman–Crippen MR) is 79.8 cm³/mol. The highest BCUT2D eigenvalue weighted by molar-refractivity contribution is 5.70. The Balaban J connectivity index is 1.91. The summed E-state index contributed by atoms with van der Waals surface area (Å²) in [6.07, 6.45) is 2.63. The summed E-state index contributed by atoms with van der Waals surface area (Å²) >= 11 is 0. The van der Waals surface area contributed by atoms with Crippen LogP contribution in [0.5, 0.6) is 0 Å². The molecule has 4 nitrogen and oxygen atoms in total. The third-order valence-electron chi connectivity index (χ3n) is 4.00. The second-order valence-corrected chi connectivity index (χ2v) is 5.88. The van der Waals surface area contributed by atoms with Crippen LogP contribution >= 0.6 is 0 Å². The van der Waals surface area contributed by atoms with E-state index in [1.165, 1.54) is 18.4 Å². The smallest absolute Gasteiger partial charge is 0.307 e. The SMILES string of the molecule is CN(C)C1CCCN(Cc2ccc(CC(=O)O)cc2)C1. The van der Waals surface area contributed by atoms with E-state index in [0.717, 1.165) is 25.2 Å². The molecule has 1 aromatic rings. The number of rotatable bonds is 5. The highest BCUT2D eigenvalue weighted by Gasteiger charge is 2.21. The Morgan fingerprint density at radius 3 is 2.55 bits per heavy atom. The van der Waals surface area contributed by atoms with Crippen molar-refractivity contribution in [2.45, 2.75) is 31.8 Å². The molecule has 110 valence electrons. The van der Waals surface area contributed by atoms with Gasteiger partial charge in [0.05, 0.1) is 6.42 Å². The fourth-order valence-electron chi connectivity index (χ4n) is 2.79. The summed E-state index contributed by atoms with van der Waals surface area (Å²) in [5.74, 6) is -0.775. The highest BCUT2D eigenvalue weighted by Crippen LogP contribution is 2.16. The molecule has 0 radical (unpaired) electrons. The van der Waals surface area contributed by atoms with Gasteiger partial charge in [0.1, 0.15) is 0 Å². The lowest BCUT2D eigenvalue weighted by Crippen LogP contribution is -2.44. The molecule has 0 aromatic heterocycles. The zero-order valence-electron chi connectivity index (χ0n) is 12.4. The van der Waals surface area contributed by atoms with E-state index >= 15 is 0 Å². The molecule has 1 N–H and O–H groups in total. The monoisotopic (exact) mass is 276 g/mol. The molecule has 1 aromatic carbocycles. The van der Waals surface area contributed by atoms with Gasteiger partial charge in [-0.1, -0.05) is 24.3 Å². The standard InChI is InChI=1S/C16H24N2O2/c1-17(2)15-4-3-9-18(12-15)11-14-7-5-13(6-8-14)10-16(19)20/h5-8,15H,3-4,9-12H2,1-2H3,(H,19,20). The molecule has 0 bridgehead atoms. The molecule has 1 heterocycles. The van der Waals surface area contributed by atoms with Crippen LogP contribution in [-0.2, 0) is 17.8 Å². The fourth-order valence-corrected chi connectivity index (χ4v) is 2.79. The summed E-state index contributed by atoms with van der Waals surface area (Å²) in [4.78, 5) is 15.5. The minimum Gasteiger partial charge on any atom is -0.481 e. The van der Waals surface area contributed by atoms with Gasteiger partial charge in [-0.3, -0.25) is 9.69 Å². The molecule has 1 aliphatic heterocycles. The Bertz CT molecular complexity index is 442. The van der Waals surface area contributed by atoms with Crippen LogP contribution in [0.3, 0.4) is 0 Å². The largest absolute Gasteiger partial charge is 0.481 e. The van der Waals surface area contributed by atoms with Gasteiger partial charge in [0, 0.05) is 19.1 Å². The van der Waals surface area contributed by atoms with Gasteiger partial charge in [0.25, 0.3) is 0 Å². The molecule has 0 amide bonds. The molecule has 0 aliphatic carbocycles. The van der Waals surface area contributed by atoms with E-state index in [1.807, 2.05) is 12.1 Å². The van der Waals surface area contributed by atoms with Gasteiger partial charge in [0.15, 0.2) is 0 Å². The first-order valence-electron chi connectivity index (χ1n) is 7.23. The van der Waals surface area contributed by atoms with E-state index in [4.69, 9.17) is 5.11 Å². The molecule has 1 fully saturated rings. The Kier molecular flexibility index (Phi) is 5.15. The van der Waals surface area contributed by atoms with Gasteiger partial charge in [-0.2, -0.15) is 0 Å². The molecule has 2 rings (SSSR count). The topological polar surface area (TPSA) is 43.8 Å². The Morgan fingerprint density at radius 2 is 1.95 bits per heavy atom. The van der Waals surface area contributed by atoms with Crippen LogP contribution in [0.2, 0.25) is 0 Å². The fraction of sp³-hybridized carbons (Fsp3) is 0.562. The van der Waals surface area contributed by atoms with Crippen LogP contribution < -0.4 is 0 Å². The van der Waals surface area contributed by atoms with Crippen molar-refractivity contribution in [3.63, 3.8) is 0 Å². The van der Waals surface area contributed by atoms with Crippen LogP contribution in [0, 0.1) is 0 Å². The molecule has 0 saturated carbocycles. The molecule has 1 saturated heterocycles. The van der Waals surface area contributed by atoms with Gasteiger partial charge in [0.2, 0.25) is 0 Å². The number of carbonyl (C=O) groups is 1. The molecule has 1 aliphatic rings. The normalized spacial score (nSPS) is 20.2. The lowest BCUT2D eigenvalue weighted by Gasteiger charge is -2.36. The zero-order valence-corrected chi connectivity index (χ0v) is 12.4. The molecular formula is C16H24N2O2. The number of carboxylic acids is 1. The average Bonchev–Trinajstić information content (AvgIpc) is 2.41. The minimum absolute atomic E-state index is 0.104. The summed E-state index contributed by atoms with van der Waals surface area (Å²) in [5.41, 5.74) is 2.13. The van der Waals surface area contributed by atoms with Crippen LogP contribution in [0.1, 0.15) is 24.0 Å². The van der Waals surface area contributed by atoms with Crippen molar-refractivity contribution in [3.8, 4) is 0 Å². The average molecular weight is 276 g/mol. The van der Waals surface area contributed by atoms with Crippen molar-refractivity contribution in [2.24, 2.45) is 0 Å². The number of piperidine rings is 1. The van der Waals surface area contributed by atoms with Crippen LogP contribution in [0.25, 0.3) is 0 Å². The second-order valence-electron chi connectivity index (χ2n) is 5.88. The number of benzene rings is 1. The van der Waals surface area contributed by atoms with Gasteiger partial charge in [-0.25, -0.2) is 0 Å². The number of hydrogen-bond acceptors (Lipinski definition) is 3. The minimum atomic E-state index is -0.775.